The lowest BCUT2D eigenvalue weighted by Gasteiger charge is -2.07. The van der Waals surface area contributed by atoms with E-state index in [1.807, 2.05) is 31.2 Å². The normalized spacial score (nSPS) is 10.4. The van der Waals surface area contributed by atoms with Gasteiger partial charge in [0.1, 0.15) is 11.6 Å². The lowest BCUT2D eigenvalue weighted by atomic mass is 10.00. The summed E-state index contributed by atoms with van der Waals surface area (Å²) >= 11 is 0. The van der Waals surface area contributed by atoms with Crippen molar-refractivity contribution in [2.45, 2.75) is 13.3 Å². The summed E-state index contributed by atoms with van der Waals surface area (Å²) in [4.78, 5) is 0. The number of aryl methyl sites for hydroxylation is 1. The highest BCUT2D eigenvalue weighted by Crippen LogP contribution is 2.18. The Labute approximate surface area is 93.5 Å². The van der Waals surface area contributed by atoms with E-state index in [9.17, 15) is 8.78 Å². The van der Waals surface area contributed by atoms with E-state index in [1.165, 1.54) is 18.2 Å². The van der Waals surface area contributed by atoms with Gasteiger partial charge in [-0.3, -0.25) is 0 Å². The van der Waals surface area contributed by atoms with E-state index < -0.39 is 11.6 Å². The van der Waals surface area contributed by atoms with Crippen molar-refractivity contribution in [1.29, 1.82) is 0 Å². The largest absolute Gasteiger partial charge is 0.207 e. The van der Waals surface area contributed by atoms with E-state index in [2.05, 4.69) is 0 Å². The molecule has 16 heavy (non-hydrogen) atoms. The van der Waals surface area contributed by atoms with Crippen LogP contribution in [0.1, 0.15) is 16.7 Å². The van der Waals surface area contributed by atoms with Gasteiger partial charge >= 0.3 is 0 Å². The minimum absolute atomic E-state index is 0.136. The summed E-state index contributed by atoms with van der Waals surface area (Å²) in [6.45, 7) is 1.94. The van der Waals surface area contributed by atoms with Gasteiger partial charge in [-0.05, 0) is 30.2 Å². The van der Waals surface area contributed by atoms with Crippen LogP contribution in [0.5, 0.6) is 0 Å². The number of benzene rings is 2. The maximum Gasteiger partial charge on any atom is 0.129 e. The van der Waals surface area contributed by atoms with Gasteiger partial charge in [0.15, 0.2) is 0 Å². The molecule has 0 saturated carbocycles. The molecule has 0 N–H and O–H groups in total. The van der Waals surface area contributed by atoms with Crippen LogP contribution in [0.3, 0.4) is 0 Å². The molecule has 0 amide bonds. The van der Waals surface area contributed by atoms with Gasteiger partial charge in [-0.2, -0.15) is 0 Å². The Kier molecular flexibility index (Phi) is 3.00. The maximum absolute atomic E-state index is 13.4. The van der Waals surface area contributed by atoms with Crippen LogP contribution in [0.25, 0.3) is 0 Å². The monoisotopic (exact) mass is 218 g/mol. The van der Waals surface area contributed by atoms with Gasteiger partial charge in [0.25, 0.3) is 0 Å². The zero-order chi connectivity index (χ0) is 11.5. The molecule has 2 aromatic rings. The second-order valence-corrected chi connectivity index (χ2v) is 3.80. The van der Waals surface area contributed by atoms with E-state index in [0.29, 0.717) is 6.42 Å². The van der Waals surface area contributed by atoms with Gasteiger partial charge in [0, 0.05) is 12.0 Å². The first-order valence-electron chi connectivity index (χ1n) is 5.16. The third kappa shape index (κ3) is 2.11. The second-order valence-electron chi connectivity index (χ2n) is 3.80. The average molecular weight is 218 g/mol. The minimum atomic E-state index is -0.483. The third-order valence-corrected chi connectivity index (χ3v) is 2.69. The fourth-order valence-corrected chi connectivity index (χ4v) is 1.70. The number of rotatable bonds is 2. The number of hydrogen-bond acceptors (Lipinski definition) is 0. The minimum Gasteiger partial charge on any atom is -0.207 e. The fraction of sp³-hybridized carbons (Fsp3) is 0.143. The van der Waals surface area contributed by atoms with Crippen molar-refractivity contribution in [1.82, 2.24) is 0 Å². The molecule has 0 atom stereocenters. The highest BCUT2D eigenvalue weighted by molar-refractivity contribution is 5.33. The predicted molar refractivity (Wildman–Crippen MR) is 60.3 cm³/mol. The molecule has 2 heteroatoms. The molecule has 0 radical (unpaired) electrons. The zero-order valence-corrected chi connectivity index (χ0v) is 9.00. The van der Waals surface area contributed by atoms with Crippen molar-refractivity contribution >= 4 is 0 Å². The van der Waals surface area contributed by atoms with Crippen molar-refractivity contribution in [2.75, 3.05) is 0 Å². The van der Waals surface area contributed by atoms with Gasteiger partial charge in [0.05, 0.1) is 0 Å². The zero-order valence-electron chi connectivity index (χ0n) is 9.00. The van der Waals surface area contributed by atoms with Crippen LogP contribution in [0.2, 0.25) is 0 Å². The van der Waals surface area contributed by atoms with Crippen LogP contribution >= 0.6 is 0 Å². The average Bonchev–Trinajstić information content (AvgIpc) is 2.26. The second kappa shape index (κ2) is 4.44. The molecule has 0 aliphatic rings. The van der Waals surface area contributed by atoms with Crippen LogP contribution in [0.15, 0.2) is 42.5 Å². The third-order valence-electron chi connectivity index (χ3n) is 2.69. The lowest BCUT2D eigenvalue weighted by molar-refractivity contribution is 0.561. The molecule has 2 aromatic carbocycles. The molecule has 2 rings (SSSR count). The Balaban J connectivity index is 2.38. The summed E-state index contributed by atoms with van der Waals surface area (Å²) < 4.78 is 26.9. The van der Waals surface area contributed by atoms with Gasteiger partial charge in [0.2, 0.25) is 0 Å². The molecule has 0 heterocycles. The molecule has 0 unspecified atom stereocenters. The molecular weight excluding hydrogens is 206 g/mol. The molecule has 0 aliphatic carbocycles. The Bertz CT molecular complexity index is 484. The van der Waals surface area contributed by atoms with Crippen LogP contribution < -0.4 is 0 Å². The van der Waals surface area contributed by atoms with Gasteiger partial charge in [-0.1, -0.05) is 30.3 Å². The van der Waals surface area contributed by atoms with Crippen molar-refractivity contribution in [3.05, 3.63) is 70.8 Å². The highest BCUT2D eigenvalue weighted by Gasteiger charge is 2.09. The molecule has 0 saturated heterocycles. The van der Waals surface area contributed by atoms with Crippen LogP contribution in [0, 0.1) is 18.6 Å². The molecule has 0 spiro atoms. The van der Waals surface area contributed by atoms with E-state index >= 15 is 0 Å². The van der Waals surface area contributed by atoms with E-state index in [4.69, 9.17) is 0 Å². The summed E-state index contributed by atoms with van der Waals surface area (Å²) in [7, 11) is 0. The van der Waals surface area contributed by atoms with E-state index in [-0.39, 0.29) is 5.56 Å². The topological polar surface area (TPSA) is 0 Å². The molecule has 0 nitrogen and oxygen atoms in total. The number of hydrogen-bond donors (Lipinski definition) is 0. The van der Waals surface area contributed by atoms with Crippen molar-refractivity contribution in [3.8, 4) is 0 Å². The van der Waals surface area contributed by atoms with Gasteiger partial charge in [-0.25, -0.2) is 8.78 Å². The number of halogens is 2. The first-order valence-corrected chi connectivity index (χ1v) is 5.16. The van der Waals surface area contributed by atoms with Gasteiger partial charge < -0.3 is 0 Å². The summed E-state index contributed by atoms with van der Waals surface area (Å²) in [6.07, 6.45) is 0.297. The summed E-state index contributed by atoms with van der Waals surface area (Å²) in [5.74, 6) is -0.966. The molecule has 0 aromatic heterocycles. The van der Waals surface area contributed by atoms with Crippen molar-refractivity contribution in [3.63, 3.8) is 0 Å². The molecule has 0 aliphatic heterocycles. The predicted octanol–water partition coefficient (Wildman–Crippen LogP) is 3.86. The SMILES string of the molecule is Cc1ccccc1Cc1c(F)cccc1F. The van der Waals surface area contributed by atoms with Crippen LogP contribution in [-0.2, 0) is 6.42 Å². The van der Waals surface area contributed by atoms with Crippen LogP contribution in [0.4, 0.5) is 8.78 Å². The smallest absolute Gasteiger partial charge is 0.129 e. The summed E-state index contributed by atoms with van der Waals surface area (Å²) in [5, 5.41) is 0. The van der Waals surface area contributed by atoms with Crippen molar-refractivity contribution in [2.24, 2.45) is 0 Å². The van der Waals surface area contributed by atoms with E-state index in [0.717, 1.165) is 11.1 Å². The summed E-state index contributed by atoms with van der Waals surface area (Å²) in [6, 6.07) is 11.6. The highest BCUT2D eigenvalue weighted by atomic mass is 19.1. The van der Waals surface area contributed by atoms with Gasteiger partial charge in [-0.15, -0.1) is 0 Å². The molecule has 0 fully saturated rings. The first kappa shape index (κ1) is 10.8. The van der Waals surface area contributed by atoms with Crippen LogP contribution in [-0.4, -0.2) is 0 Å². The fourth-order valence-electron chi connectivity index (χ4n) is 1.70. The lowest BCUT2D eigenvalue weighted by Crippen LogP contribution is -1.98. The quantitative estimate of drug-likeness (QED) is 0.718. The van der Waals surface area contributed by atoms with E-state index in [1.54, 1.807) is 0 Å². The molecule has 82 valence electrons. The van der Waals surface area contributed by atoms with Crippen molar-refractivity contribution < 1.29 is 8.78 Å². The molecule has 0 bridgehead atoms. The first-order chi connectivity index (χ1) is 7.68. The summed E-state index contributed by atoms with van der Waals surface area (Å²) in [5.41, 5.74) is 2.13. The Morgan fingerprint density at radius 3 is 2.12 bits per heavy atom. The molecular formula is C14H12F2. The maximum atomic E-state index is 13.4. The Morgan fingerprint density at radius 1 is 0.875 bits per heavy atom. The Hall–Kier alpha value is -1.70. The standard InChI is InChI=1S/C14H12F2/c1-10-5-2-3-6-11(10)9-12-13(15)7-4-8-14(12)16/h2-8H,9H2,1H3. The Morgan fingerprint density at radius 2 is 1.50 bits per heavy atom.